The molecule has 0 aliphatic heterocycles. The van der Waals surface area contributed by atoms with Gasteiger partial charge in [0.2, 0.25) is 0 Å². The summed E-state index contributed by atoms with van der Waals surface area (Å²) in [6.45, 7) is 0. The van der Waals surface area contributed by atoms with Crippen molar-refractivity contribution in [1.29, 1.82) is 0 Å². The fourth-order valence-corrected chi connectivity index (χ4v) is 2.61. The van der Waals surface area contributed by atoms with E-state index in [0.717, 1.165) is 22.3 Å². The van der Waals surface area contributed by atoms with Crippen LogP contribution in [0.2, 0.25) is 10.0 Å². The highest BCUT2D eigenvalue weighted by atomic mass is 35.5. The van der Waals surface area contributed by atoms with Gasteiger partial charge < -0.3 is 11.1 Å². The average Bonchev–Trinajstić information content (AvgIpc) is 2.41. The van der Waals surface area contributed by atoms with Crippen LogP contribution in [0.3, 0.4) is 0 Å². The number of anilines is 3. The summed E-state index contributed by atoms with van der Waals surface area (Å²) in [5.41, 5.74) is 9.07. The Morgan fingerprint density at radius 1 is 1.00 bits per heavy atom. The van der Waals surface area contributed by atoms with Gasteiger partial charge in [0.05, 0.1) is 11.2 Å². The Morgan fingerprint density at radius 3 is 2.50 bits per heavy atom. The Hall–Kier alpha value is -1.97. The van der Waals surface area contributed by atoms with Gasteiger partial charge in [-0.15, -0.1) is 0 Å². The van der Waals surface area contributed by atoms with Crippen molar-refractivity contribution in [3.63, 3.8) is 0 Å². The molecule has 2 aromatic carbocycles. The molecule has 20 heavy (non-hydrogen) atoms. The van der Waals surface area contributed by atoms with E-state index in [1.54, 1.807) is 12.3 Å². The largest absolute Gasteiger partial charge is 0.397 e. The van der Waals surface area contributed by atoms with E-state index in [4.69, 9.17) is 28.9 Å². The minimum absolute atomic E-state index is 0.581. The number of pyridine rings is 1. The third-order valence-corrected chi connectivity index (χ3v) is 3.38. The number of nitrogen functional groups attached to an aromatic ring is 1. The fourth-order valence-electron chi connectivity index (χ4n) is 2.09. The third-order valence-electron chi connectivity index (χ3n) is 2.94. The molecule has 100 valence electrons. The molecule has 0 aliphatic rings. The van der Waals surface area contributed by atoms with Crippen molar-refractivity contribution in [2.75, 3.05) is 11.1 Å². The van der Waals surface area contributed by atoms with Crippen LogP contribution in [0.5, 0.6) is 0 Å². The van der Waals surface area contributed by atoms with Crippen molar-refractivity contribution < 1.29 is 0 Å². The highest BCUT2D eigenvalue weighted by molar-refractivity contribution is 6.35. The molecule has 0 amide bonds. The Balaban J connectivity index is 2.09. The van der Waals surface area contributed by atoms with E-state index >= 15 is 0 Å². The lowest BCUT2D eigenvalue weighted by molar-refractivity contribution is 1.41. The Morgan fingerprint density at radius 2 is 1.75 bits per heavy atom. The number of nitrogens with two attached hydrogens (primary N) is 1. The molecule has 0 fully saturated rings. The first-order valence-electron chi connectivity index (χ1n) is 6.00. The Labute approximate surface area is 126 Å². The van der Waals surface area contributed by atoms with Crippen LogP contribution >= 0.6 is 23.2 Å². The molecule has 3 nitrogen and oxygen atoms in total. The van der Waals surface area contributed by atoms with Crippen LogP contribution in [0, 0.1) is 0 Å². The summed E-state index contributed by atoms with van der Waals surface area (Å²) < 4.78 is 0. The van der Waals surface area contributed by atoms with E-state index < -0.39 is 0 Å². The Kier molecular flexibility index (Phi) is 3.38. The van der Waals surface area contributed by atoms with Crippen molar-refractivity contribution >= 4 is 51.2 Å². The highest BCUT2D eigenvalue weighted by Crippen LogP contribution is 2.31. The van der Waals surface area contributed by atoms with Gasteiger partial charge in [-0.3, -0.25) is 4.98 Å². The van der Waals surface area contributed by atoms with E-state index in [1.807, 2.05) is 36.4 Å². The molecule has 0 saturated carbocycles. The molecule has 0 saturated heterocycles. The third kappa shape index (κ3) is 2.50. The van der Waals surface area contributed by atoms with Crippen LogP contribution in [-0.4, -0.2) is 4.98 Å². The molecule has 0 aliphatic carbocycles. The monoisotopic (exact) mass is 303 g/mol. The van der Waals surface area contributed by atoms with Crippen LogP contribution in [0.15, 0.2) is 48.7 Å². The van der Waals surface area contributed by atoms with Gasteiger partial charge in [-0.25, -0.2) is 0 Å². The van der Waals surface area contributed by atoms with Crippen LogP contribution in [-0.2, 0) is 0 Å². The van der Waals surface area contributed by atoms with Crippen molar-refractivity contribution in [2.45, 2.75) is 0 Å². The number of aromatic nitrogens is 1. The number of hydrogen-bond donors (Lipinski definition) is 2. The van der Waals surface area contributed by atoms with Gasteiger partial charge in [-0.05, 0) is 42.5 Å². The van der Waals surface area contributed by atoms with Crippen LogP contribution in [0.4, 0.5) is 17.1 Å². The predicted octanol–water partition coefficient (Wildman–Crippen LogP) is 4.87. The second kappa shape index (κ2) is 5.19. The molecule has 3 N–H and O–H groups in total. The second-order valence-corrected chi connectivity index (χ2v) is 5.26. The van der Waals surface area contributed by atoms with E-state index in [1.165, 1.54) is 0 Å². The van der Waals surface area contributed by atoms with Gasteiger partial charge >= 0.3 is 0 Å². The zero-order valence-electron chi connectivity index (χ0n) is 10.4. The average molecular weight is 304 g/mol. The van der Waals surface area contributed by atoms with Gasteiger partial charge in [-0.2, -0.15) is 0 Å². The molecular formula is C15H11Cl2N3. The molecule has 3 rings (SSSR count). The molecule has 0 radical (unpaired) electrons. The molecule has 0 bridgehead atoms. The summed E-state index contributed by atoms with van der Waals surface area (Å²) >= 11 is 12.0. The maximum absolute atomic E-state index is 6.00. The lowest BCUT2D eigenvalue weighted by Gasteiger charge is -2.11. The molecule has 3 aromatic rings. The Bertz CT molecular complexity index is 767. The van der Waals surface area contributed by atoms with E-state index in [-0.39, 0.29) is 0 Å². The van der Waals surface area contributed by atoms with Crippen molar-refractivity contribution in [3.05, 3.63) is 58.7 Å². The minimum Gasteiger partial charge on any atom is -0.397 e. The molecule has 0 atom stereocenters. The van der Waals surface area contributed by atoms with Crippen molar-refractivity contribution in [1.82, 2.24) is 4.98 Å². The highest BCUT2D eigenvalue weighted by Gasteiger charge is 2.06. The number of hydrogen-bond acceptors (Lipinski definition) is 3. The summed E-state index contributed by atoms with van der Waals surface area (Å²) in [7, 11) is 0. The number of halogens is 2. The normalized spacial score (nSPS) is 10.7. The smallest absolute Gasteiger partial charge is 0.0951 e. The molecule has 1 aromatic heterocycles. The molecule has 0 spiro atoms. The van der Waals surface area contributed by atoms with Crippen LogP contribution in [0.25, 0.3) is 10.9 Å². The van der Waals surface area contributed by atoms with E-state index in [0.29, 0.717) is 15.7 Å². The van der Waals surface area contributed by atoms with Gasteiger partial charge in [0.25, 0.3) is 0 Å². The van der Waals surface area contributed by atoms with Crippen LogP contribution < -0.4 is 11.1 Å². The van der Waals surface area contributed by atoms with Crippen molar-refractivity contribution in [3.8, 4) is 0 Å². The summed E-state index contributed by atoms with van der Waals surface area (Å²) in [5, 5.41) is 5.40. The molecular weight excluding hydrogens is 293 g/mol. The van der Waals surface area contributed by atoms with Gasteiger partial charge in [0, 0.05) is 33.0 Å². The number of benzene rings is 2. The first kappa shape index (κ1) is 13.0. The first-order valence-corrected chi connectivity index (χ1v) is 6.75. The summed E-state index contributed by atoms with van der Waals surface area (Å²) in [5.74, 6) is 0. The maximum Gasteiger partial charge on any atom is 0.0951 e. The fraction of sp³-hybridized carbons (Fsp3) is 0. The first-order chi connectivity index (χ1) is 9.63. The summed E-state index contributed by atoms with van der Waals surface area (Å²) in [6.07, 6.45) is 1.72. The topological polar surface area (TPSA) is 50.9 Å². The number of fused-ring (bicyclic) bond motifs is 1. The zero-order chi connectivity index (χ0) is 14.1. The van der Waals surface area contributed by atoms with Gasteiger partial charge in [-0.1, -0.05) is 23.2 Å². The summed E-state index contributed by atoms with van der Waals surface area (Å²) in [6, 6.07) is 12.9. The van der Waals surface area contributed by atoms with Gasteiger partial charge in [0.15, 0.2) is 0 Å². The lowest BCUT2D eigenvalue weighted by atomic mass is 10.1. The van der Waals surface area contributed by atoms with Crippen LogP contribution in [0.1, 0.15) is 0 Å². The molecule has 5 heteroatoms. The standard InChI is InChI=1S/C15H11Cl2N3/c16-9-6-10(17)8-11(7-9)20-14-4-3-13(18)15-12(14)2-1-5-19-15/h1-8,20H,18H2. The molecule has 0 unspecified atom stereocenters. The predicted molar refractivity (Wildman–Crippen MR) is 85.9 cm³/mol. The second-order valence-electron chi connectivity index (χ2n) is 4.39. The zero-order valence-corrected chi connectivity index (χ0v) is 11.9. The number of nitrogens with one attached hydrogen (secondary N) is 1. The lowest BCUT2D eigenvalue weighted by Crippen LogP contribution is -1.95. The maximum atomic E-state index is 6.00. The molecule has 1 heterocycles. The van der Waals surface area contributed by atoms with Crippen molar-refractivity contribution in [2.24, 2.45) is 0 Å². The quantitative estimate of drug-likeness (QED) is 0.664. The SMILES string of the molecule is Nc1ccc(Nc2cc(Cl)cc(Cl)c2)c2cccnc12. The van der Waals surface area contributed by atoms with E-state index in [9.17, 15) is 0 Å². The van der Waals surface area contributed by atoms with E-state index in [2.05, 4.69) is 10.3 Å². The number of nitrogens with zero attached hydrogens (tertiary/aromatic N) is 1. The minimum atomic E-state index is 0.581. The van der Waals surface area contributed by atoms with Gasteiger partial charge in [0.1, 0.15) is 0 Å². The number of rotatable bonds is 2. The summed E-state index contributed by atoms with van der Waals surface area (Å²) in [4.78, 5) is 4.30.